The van der Waals surface area contributed by atoms with E-state index in [9.17, 15) is 4.79 Å². The molecule has 1 fully saturated rings. The van der Waals surface area contributed by atoms with Crippen LogP contribution >= 0.6 is 11.8 Å². The van der Waals surface area contributed by atoms with Crippen molar-refractivity contribution < 1.29 is 19.0 Å². The van der Waals surface area contributed by atoms with Gasteiger partial charge in [-0.15, -0.1) is 11.8 Å². The summed E-state index contributed by atoms with van der Waals surface area (Å²) in [6, 6.07) is 13.0. The first-order chi connectivity index (χ1) is 12.2. The summed E-state index contributed by atoms with van der Waals surface area (Å²) >= 11 is 1.73. The molecule has 25 heavy (non-hydrogen) atoms. The zero-order chi connectivity index (χ0) is 17.8. The number of carbonyl (C=O) groups is 1. The molecule has 132 valence electrons. The van der Waals surface area contributed by atoms with Gasteiger partial charge in [-0.25, -0.2) is 0 Å². The monoisotopic (exact) mass is 359 g/mol. The fourth-order valence-electron chi connectivity index (χ4n) is 2.90. The molecule has 0 unspecified atom stereocenters. The van der Waals surface area contributed by atoms with Crippen molar-refractivity contribution in [3.05, 3.63) is 53.6 Å². The first kappa shape index (κ1) is 17.5. The van der Waals surface area contributed by atoms with Crippen LogP contribution in [0.1, 0.15) is 21.3 Å². The maximum atomic E-state index is 13.1. The van der Waals surface area contributed by atoms with Crippen molar-refractivity contribution in [1.82, 2.24) is 4.90 Å². The molecule has 0 radical (unpaired) electrons. The summed E-state index contributed by atoms with van der Waals surface area (Å²) in [4.78, 5) is 15.0. The van der Waals surface area contributed by atoms with Crippen LogP contribution in [0.5, 0.6) is 17.2 Å². The van der Waals surface area contributed by atoms with Crippen LogP contribution in [0, 0.1) is 0 Å². The van der Waals surface area contributed by atoms with Gasteiger partial charge in [0, 0.05) is 18.4 Å². The van der Waals surface area contributed by atoms with E-state index in [1.807, 2.05) is 35.2 Å². The zero-order valence-corrected chi connectivity index (χ0v) is 15.3. The minimum absolute atomic E-state index is 0.0331. The Balaban J connectivity index is 1.94. The molecule has 0 aliphatic carbocycles. The van der Waals surface area contributed by atoms with E-state index < -0.39 is 0 Å². The molecular weight excluding hydrogens is 338 g/mol. The Morgan fingerprint density at radius 2 is 1.72 bits per heavy atom. The summed E-state index contributed by atoms with van der Waals surface area (Å²) in [5.41, 5.74) is 1.56. The van der Waals surface area contributed by atoms with Crippen molar-refractivity contribution in [3.63, 3.8) is 0 Å². The molecule has 6 heteroatoms. The van der Waals surface area contributed by atoms with Gasteiger partial charge >= 0.3 is 0 Å². The second-order valence-electron chi connectivity index (χ2n) is 5.57. The molecule has 2 aromatic carbocycles. The zero-order valence-electron chi connectivity index (χ0n) is 14.5. The third-order valence-electron chi connectivity index (χ3n) is 4.15. The number of ether oxygens (including phenoxy) is 3. The lowest BCUT2D eigenvalue weighted by Gasteiger charge is -2.25. The number of nitrogens with zero attached hydrogens (tertiary/aromatic N) is 1. The Labute approximate surface area is 151 Å². The molecule has 0 saturated carbocycles. The van der Waals surface area contributed by atoms with Gasteiger partial charge in [-0.1, -0.05) is 12.1 Å². The lowest BCUT2D eigenvalue weighted by Crippen LogP contribution is -2.30. The van der Waals surface area contributed by atoms with Gasteiger partial charge in [-0.3, -0.25) is 4.79 Å². The number of carbonyl (C=O) groups excluding carboxylic acids is 1. The Kier molecular flexibility index (Phi) is 5.38. The molecule has 0 aromatic heterocycles. The summed E-state index contributed by atoms with van der Waals surface area (Å²) in [6.07, 6.45) is 0. The first-order valence-corrected chi connectivity index (χ1v) is 9.01. The van der Waals surface area contributed by atoms with Crippen molar-refractivity contribution in [2.75, 3.05) is 33.6 Å². The van der Waals surface area contributed by atoms with E-state index in [1.54, 1.807) is 45.2 Å². The summed E-state index contributed by atoms with van der Waals surface area (Å²) in [5, 5.41) is -0.0820. The van der Waals surface area contributed by atoms with Crippen LogP contribution in [-0.4, -0.2) is 44.4 Å². The van der Waals surface area contributed by atoms with Crippen molar-refractivity contribution in [2.45, 2.75) is 5.37 Å². The highest BCUT2D eigenvalue weighted by atomic mass is 32.2. The van der Waals surface area contributed by atoms with E-state index in [-0.39, 0.29) is 11.3 Å². The fourth-order valence-corrected chi connectivity index (χ4v) is 4.14. The SMILES string of the molecule is COc1cc(OC)cc([C@@H]2SCCN2C(=O)c2ccccc2OC)c1. The number of rotatable bonds is 5. The predicted molar refractivity (Wildman–Crippen MR) is 98.8 cm³/mol. The van der Waals surface area contributed by atoms with Gasteiger partial charge in [-0.2, -0.15) is 0 Å². The van der Waals surface area contributed by atoms with Crippen LogP contribution < -0.4 is 14.2 Å². The standard InChI is InChI=1S/C19H21NO4S/c1-22-14-10-13(11-15(12-14)23-2)19-20(8-9-25-19)18(21)16-6-4-5-7-17(16)24-3/h4-7,10-12,19H,8-9H2,1-3H3/t19-/m0/s1. The Morgan fingerprint density at radius 3 is 2.36 bits per heavy atom. The van der Waals surface area contributed by atoms with E-state index in [2.05, 4.69) is 0 Å². The minimum Gasteiger partial charge on any atom is -0.497 e. The number of para-hydroxylation sites is 1. The molecule has 1 aliphatic rings. The van der Waals surface area contributed by atoms with Crippen molar-refractivity contribution in [1.29, 1.82) is 0 Å². The maximum Gasteiger partial charge on any atom is 0.258 e. The number of hydrogen-bond donors (Lipinski definition) is 0. The number of benzene rings is 2. The second kappa shape index (κ2) is 7.70. The average molecular weight is 359 g/mol. The van der Waals surface area contributed by atoms with Gasteiger partial charge in [0.2, 0.25) is 0 Å². The molecule has 1 atom stereocenters. The van der Waals surface area contributed by atoms with Gasteiger partial charge in [0.1, 0.15) is 22.6 Å². The molecule has 0 bridgehead atoms. The van der Waals surface area contributed by atoms with E-state index >= 15 is 0 Å². The molecule has 1 amide bonds. The van der Waals surface area contributed by atoms with Gasteiger partial charge in [0.25, 0.3) is 5.91 Å². The maximum absolute atomic E-state index is 13.1. The highest BCUT2D eigenvalue weighted by molar-refractivity contribution is 7.99. The van der Waals surface area contributed by atoms with Crippen LogP contribution in [0.2, 0.25) is 0 Å². The lowest BCUT2D eigenvalue weighted by atomic mass is 10.1. The molecule has 1 aliphatic heterocycles. The van der Waals surface area contributed by atoms with Gasteiger partial charge in [0.15, 0.2) is 0 Å². The highest BCUT2D eigenvalue weighted by Gasteiger charge is 2.33. The van der Waals surface area contributed by atoms with Crippen molar-refractivity contribution in [2.24, 2.45) is 0 Å². The Bertz CT molecular complexity index is 743. The number of methoxy groups -OCH3 is 3. The molecule has 0 N–H and O–H groups in total. The fraction of sp³-hybridized carbons (Fsp3) is 0.316. The summed E-state index contributed by atoms with van der Waals surface area (Å²) in [6.45, 7) is 0.686. The molecular formula is C19H21NO4S. The summed E-state index contributed by atoms with van der Waals surface area (Å²) < 4.78 is 16.1. The van der Waals surface area contributed by atoms with Gasteiger partial charge in [-0.05, 0) is 29.8 Å². The number of hydrogen-bond acceptors (Lipinski definition) is 5. The predicted octanol–water partition coefficient (Wildman–Crippen LogP) is 3.60. The Morgan fingerprint density at radius 1 is 1.04 bits per heavy atom. The van der Waals surface area contributed by atoms with Crippen LogP contribution in [-0.2, 0) is 0 Å². The topological polar surface area (TPSA) is 48.0 Å². The summed E-state index contributed by atoms with van der Waals surface area (Å²) in [5.74, 6) is 2.86. The average Bonchev–Trinajstić information content (AvgIpc) is 3.16. The van der Waals surface area contributed by atoms with E-state index in [4.69, 9.17) is 14.2 Å². The van der Waals surface area contributed by atoms with Crippen LogP contribution in [0.15, 0.2) is 42.5 Å². The van der Waals surface area contributed by atoms with E-state index in [1.165, 1.54) is 0 Å². The number of amides is 1. The molecule has 5 nitrogen and oxygen atoms in total. The summed E-state index contributed by atoms with van der Waals surface area (Å²) in [7, 11) is 4.82. The largest absolute Gasteiger partial charge is 0.497 e. The first-order valence-electron chi connectivity index (χ1n) is 7.96. The lowest BCUT2D eigenvalue weighted by molar-refractivity contribution is 0.0756. The van der Waals surface area contributed by atoms with E-state index in [0.29, 0.717) is 29.4 Å². The van der Waals surface area contributed by atoms with E-state index in [0.717, 1.165) is 11.3 Å². The van der Waals surface area contributed by atoms with Crippen LogP contribution in [0.4, 0.5) is 0 Å². The molecule has 0 spiro atoms. The molecule has 3 rings (SSSR count). The number of thioether (sulfide) groups is 1. The minimum atomic E-state index is -0.0820. The third-order valence-corrected chi connectivity index (χ3v) is 5.41. The quantitative estimate of drug-likeness (QED) is 0.816. The van der Waals surface area contributed by atoms with Crippen molar-refractivity contribution in [3.8, 4) is 17.2 Å². The highest BCUT2D eigenvalue weighted by Crippen LogP contribution is 2.41. The van der Waals surface area contributed by atoms with Crippen LogP contribution in [0.25, 0.3) is 0 Å². The normalized spacial score (nSPS) is 16.6. The smallest absolute Gasteiger partial charge is 0.258 e. The molecule has 1 saturated heterocycles. The van der Waals surface area contributed by atoms with Gasteiger partial charge < -0.3 is 19.1 Å². The Hall–Kier alpha value is -2.34. The van der Waals surface area contributed by atoms with Crippen LogP contribution in [0.3, 0.4) is 0 Å². The molecule has 1 heterocycles. The third kappa shape index (κ3) is 3.54. The second-order valence-corrected chi connectivity index (χ2v) is 6.76. The van der Waals surface area contributed by atoms with Crippen molar-refractivity contribution >= 4 is 17.7 Å². The molecule has 2 aromatic rings. The van der Waals surface area contributed by atoms with Gasteiger partial charge in [0.05, 0.1) is 26.9 Å².